The molecule has 0 bridgehead atoms. The van der Waals surface area contributed by atoms with E-state index in [0.29, 0.717) is 23.7 Å². The molecule has 2 rings (SSSR count). The van der Waals surface area contributed by atoms with Gasteiger partial charge < -0.3 is 19.3 Å². The molecule has 0 radical (unpaired) electrons. The molecule has 6 nitrogen and oxygen atoms in total. The largest absolute Gasteiger partial charge is 0.493 e. The maximum atomic E-state index is 11.0. The number of nitrogens with zero attached hydrogens (tertiary/aromatic N) is 1. The number of benzene rings is 2. The SMILES string of the molecule is COc1cc(C=C(C#N)C(=O)O)cc(Cl)c1OCCOc1cccc(C)c1. The van der Waals surface area contributed by atoms with E-state index in [0.717, 1.165) is 11.3 Å². The quantitative estimate of drug-likeness (QED) is 0.416. The van der Waals surface area contributed by atoms with Crippen LogP contribution in [0.15, 0.2) is 42.0 Å². The topological polar surface area (TPSA) is 88.8 Å². The molecule has 0 atom stereocenters. The zero-order valence-electron chi connectivity index (χ0n) is 14.9. The van der Waals surface area contributed by atoms with E-state index in [1.165, 1.54) is 19.3 Å². The van der Waals surface area contributed by atoms with Gasteiger partial charge in [-0.05, 0) is 48.4 Å². The minimum absolute atomic E-state index is 0.234. The molecular weight excluding hydrogens is 370 g/mol. The van der Waals surface area contributed by atoms with Crippen molar-refractivity contribution in [3.8, 4) is 23.3 Å². The van der Waals surface area contributed by atoms with Crippen molar-refractivity contribution in [1.29, 1.82) is 5.26 Å². The van der Waals surface area contributed by atoms with Gasteiger partial charge in [0.15, 0.2) is 11.5 Å². The van der Waals surface area contributed by atoms with Crippen LogP contribution in [0.3, 0.4) is 0 Å². The van der Waals surface area contributed by atoms with Crippen LogP contribution in [0.25, 0.3) is 6.08 Å². The lowest BCUT2D eigenvalue weighted by atomic mass is 10.1. The van der Waals surface area contributed by atoms with E-state index in [4.69, 9.17) is 36.2 Å². The molecule has 7 heteroatoms. The lowest BCUT2D eigenvalue weighted by Gasteiger charge is -2.14. The summed E-state index contributed by atoms with van der Waals surface area (Å²) in [5.74, 6) is 0.0704. The number of halogens is 1. The fourth-order valence-electron chi connectivity index (χ4n) is 2.28. The minimum atomic E-state index is -1.32. The number of ether oxygens (including phenoxy) is 3. The fourth-order valence-corrected chi connectivity index (χ4v) is 2.55. The lowest BCUT2D eigenvalue weighted by molar-refractivity contribution is -0.132. The molecule has 0 aliphatic carbocycles. The molecule has 2 aromatic rings. The van der Waals surface area contributed by atoms with E-state index >= 15 is 0 Å². The molecule has 2 aromatic carbocycles. The first-order valence-electron chi connectivity index (χ1n) is 7.99. The molecule has 0 aliphatic heterocycles. The Labute approximate surface area is 162 Å². The van der Waals surface area contributed by atoms with Gasteiger partial charge in [-0.1, -0.05) is 23.7 Å². The van der Waals surface area contributed by atoms with E-state index in [-0.39, 0.29) is 11.6 Å². The second kappa shape index (κ2) is 9.51. The highest BCUT2D eigenvalue weighted by Crippen LogP contribution is 2.37. The van der Waals surface area contributed by atoms with Crippen molar-refractivity contribution in [3.05, 3.63) is 58.1 Å². The number of aliphatic carboxylic acids is 1. The lowest BCUT2D eigenvalue weighted by Crippen LogP contribution is -2.10. The predicted molar refractivity (Wildman–Crippen MR) is 101 cm³/mol. The van der Waals surface area contributed by atoms with E-state index in [1.807, 2.05) is 31.2 Å². The Morgan fingerprint density at radius 1 is 1.26 bits per heavy atom. The Morgan fingerprint density at radius 2 is 2.00 bits per heavy atom. The summed E-state index contributed by atoms with van der Waals surface area (Å²) in [7, 11) is 1.44. The van der Waals surface area contributed by atoms with Gasteiger partial charge in [0.2, 0.25) is 0 Å². The van der Waals surface area contributed by atoms with Crippen molar-refractivity contribution in [2.24, 2.45) is 0 Å². The van der Waals surface area contributed by atoms with Gasteiger partial charge in [-0.25, -0.2) is 4.79 Å². The molecule has 0 aromatic heterocycles. The Balaban J connectivity index is 2.08. The monoisotopic (exact) mass is 387 g/mol. The normalized spacial score (nSPS) is 10.8. The third kappa shape index (κ3) is 5.66. The van der Waals surface area contributed by atoms with Crippen LogP contribution in [-0.4, -0.2) is 31.4 Å². The molecule has 0 saturated heterocycles. The van der Waals surface area contributed by atoms with Crippen LogP contribution in [-0.2, 0) is 4.79 Å². The Kier molecular flexibility index (Phi) is 7.09. The summed E-state index contributed by atoms with van der Waals surface area (Å²) in [6, 6.07) is 12.3. The predicted octanol–water partition coefficient (Wildman–Crippen LogP) is 4.11. The highest BCUT2D eigenvalue weighted by atomic mass is 35.5. The van der Waals surface area contributed by atoms with Gasteiger partial charge in [0, 0.05) is 0 Å². The van der Waals surface area contributed by atoms with Crippen molar-refractivity contribution >= 4 is 23.6 Å². The molecule has 140 valence electrons. The van der Waals surface area contributed by atoms with Crippen LogP contribution in [0.5, 0.6) is 17.2 Å². The standard InChI is InChI=1S/C20H18ClNO5/c1-13-4-3-5-16(8-13)26-6-7-27-19-17(21)10-14(11-18(19)25-2)9-15(12-22)20(23)24/h3-5,8-11H,6-7H2,1-2H3,(H,23,24). The zero-order valence-corrected chi connectivity index (χ0v) is 15.6. The van der Waals surface area contributed by atoms with Crippen LogP contribution >= 0.6 is 11.6 Å². The Morgan fingerprint density at radius 3 is 2.63 bits per heavy atom. The van der Waals surface area contributed by atoms with E-state index in [1.54, 1.807) is 12.1 Å². The minimum Gasteiger partial charge on any atom is -0.493 e. The highest BCUT2D eigenvalue weighted by molar-refractivity contribution is 6.32. The number of hydrogen-bond acceptors (Lipinski definition) is 5. The van der Waals surface area contributed by atoms with Gasteiger partial charge in [0.1, 0.15) is 30.6 Å². The first kappa shape index (κ1) is 20.1. The van der Waals surface area contributed by atoms with E-state index in [2.05, 4.69) is 0 Å². The molecule has 0 unspecified atom stereocenters. The van der Waals surface area contributed by atoms with Gasteiger partial charge in [-0.2, -0.15) is 5.26 Å². The van der Waals surface area contributed by atoms with Crippen LogP contribution in [0.4, 0.5) is 0 Å². The van der Waals surface area contributed by atoms with Gasteiger partial charge in [0.25, 0.3) is 0 Å². The number of aryl methyl sites for hydroxylation is 1. The summed E-state index contributed by atoms with van der Waals surface area (Å²) in [5.41, 5.74) is 1.10. The highest BCUT2D eigenvalue weighted by Gasteiger charge is 2.13. The summed E-state index contributed by atoms with van der Waals surface area (Å²) in [6.45, 7) is 2.52. The third-order valence-electron chi connectivity index (χ3n) is 3.50. The first-order valence-corrected chi connectivity index (χ1v) is 8.37. The summed E-state index contributed by atoms with van der Waals surface area (Å²) < 4.78 is 16.5. The average Bonchev–Trinajstić information content (AvgIpc) is 2.63. The molecule has 0 aliphatic rings. The van der Waals surface area contributed by atoms with Crippen LogP contribution in [0.1, 0.15) is 11.1 Å². The number of hydrogen-bond donors (Lipinski definition) is 1. The number of rotatable bonds is 8. The van der Waals surface area contributed by atoms with Crippen LogP contribution < -0.4 is 14.2 Å². The van der Waals surface area contributed by atoms with Crippen molar-refractivity contribution in [3.63, 3.8) is 0 Å². The second-order valence-electron chi connectivity index (χ2n) is 5.52. The summed E-state index contributed by atoms with van der Waals surface area (Å²) in [4.78, 5) is 11.0. The first-order chi connectivity index (χ1) is 12.9. The zero-order chi connectivity index (χ0) is 19.8. The van der Waals surface area contributed by atoms with Crippen LogP contribution in [0.2, 0.25) is 5.02 Å². The molecule has 0 spiro atoms. The second-order valence-corrected chi connectivity index (χ2v) is 5.93. The molecule has 27 heavy (non-hydrogen) atoms. The average molecular weight is 388 g/mol. The molecular formula is C20H18ClNO5. The number of carboxylic acids is 1. The summed E-state index contributed by atoms with van der Waals surface area (Å²) in [5, 5.41) is 18.0. The third-order valence-corrected chi connectivity index (χ3v) is 3.78. The van der Waals surface area contributed by atoms with Crippen molar-refractivity contribution in [2.45, 2.75) is 6.92 Å². The number of methoxy groups -OCH3 is 1. The molecule has 0 saturated carbocycles. The summed E-state index contributed by atoms with van der Waals surface area (Å²) in [6.07, 6.45) is 1.21. The maximum absolute atomic E-state index is 11.0. The van der Waals surface area contributed by atoms with Crippen LogP contribution in [0, 0.1) is 18.3 Å². The van der Waals surface area contributed by atoms with Gasteiger partial charge in [-0.3, -0.25) is 0 Å². The molecule has 0 amide bonds. The summed E-state index contributed by atoms with van der Waals surface area (Å²) >= 11 is 6.23. The fraction of sp³-hybridized carbons (Fsp3) is 0.200. The van der Waals surface area contributed by atoms with Gasteiger partial charge in [-0.15, -0.1) is 0 Å². The van der Waals surface area contributed by atoms with E-state index < -0.39 is 11.5 Å². The number of carboxylic acid groups (broad SMARTS) is 1. The van der Waals surface area contributed by atoms with Crippen molar-refractivity contribution in [2.75, 3.05) is 20.3 Å². The van der Waals surface area contributed by atoms with Gasteiger partial charge in [0.05, 0.1) is 12.1 Å². The Bertz CT molecular complexity index is 902. The van der Waals surface area contributed by atoms with Crippen molar-refractivity contribution in [1.82, 2.24) is 0 Å². The van der Waals surface area contributed by atoms with Crippen molar-refractivity contribution < 1.29 is 24.1 Å². The van der Waals surface area contributed by atoms with E-state index in [9.17, 15) is 4.79 Å². The molecule has 0 heterocycles. The number of carbonyl (C=O) groups is 1. The maximum Gasteiger partial charge on any atom is 0.346 e. The molecule has 0 fully saturated rings. The number of nitriles is 1. The smallest absolute Gasteiger partial charge is 0.346 e. The Hall–Kier alpha value is -3.17. The molecule has 1 N–H and O–H groups in total. The van der Waals surface area contributed by atoms with Gasteiger partial charge >= 0.3 is 5.97 Å².